The summed E-state index contributed by atoms with van der Waals surface area (Å²) in [7, 11) is 1.47. The molecular weight excluding hydrogens is 192 g/mol. The molecule has 82 valence electrons. The van der Waals surface area contributed by atoms with Crippen LogP contribution in [0.25, 0.3) is 0 Å². The highest BCUT2D eigenvalue weighted by Gasteiger charge is 2.19. The molecule has 0 radical (unpaired) electrons. The number of hydrogen-bond acceptors (Lipinski definition) is 4. The van der Waals surface area contributed by atoms with Crippen LogP contribution in [0.1, 0.15) is 32.7 Å². The summed E-state index contributed by atoms with van der Waals surface area (Å²) < 4.78 is 4.94. The van der Waals surface area contributed by atoms with Crippen molar-refractivity contribution in [3.63, 3.8) is 0 Å². The average molecular weight is 208 g/mol. The molecule has 15 heavy (non-hydrogen) atoms. The second kappa shape index (κ2) is 4.76. The van der Waals surface area contributed by atoms with E-state index in [1.165, 1.54) is 7.11 Å². The molecule has 1 aromatic rings. The maximum atomic E-state index is 9.66. The molecule has 1 N–H and O–H groups in total. The van der Waals surface area contributed by atoms with Crippen molar-refractivity contribution in [2.45, 2.75) is 26.9 Å². The summed E-state index contributed by atoms with van der Waals surface area (Å²) in [5.74, 6) is 0.417. The Morgan fingerprint density at radius 3 is 2.47 bits per heavy atom. The number of methoxy groups -OCH3 is 1. The van der Waals surface area contributed by atoms with E-state index in [1.54, 1.807) is 26.0 Å². The van der Waals surface area contributed by atoms with Crippen molar-refractivity contribution in [2.75, 3.05) is 7.11 Å². The molecule has 0 unspecified atom stereocenters. The van der Waals surface area contributed by atoms with Crippen LogP contribution in [-0.4, -0.2) is 17.2 Å². The van der Waals surface area contributed by atoms with Gasteiger partial charge in [0.25, 0.3) is 0 Å². The highest BCUT2D eigenvalue weighted by Crippen LogP contribution is 2.22. The fraction of sp³-hybridized carbons (Fsp3) is 0.455. The van der Waals surface area contributed by atoms with Gasteiger partial charge in [0.1, 0.15) is 11.7 Å². The van der Waals surface area contributed by atoms with Crippen LogP contribution < -0.4 is 4.74 Å². The molecule has 4 heteroatoms. The molecule has 0 aliphatic carbocycles. The molecule has 0 aromatic carbocycles. The summed E-state index contributed by atoms with van der Waals surface area (Å²) in [4.78, 5) is 4.00. The maximum Gasteiger partial charge on any atom is 0.182 e. The highest BCUT2D eigenvalue weighted by molar-refractivity contribution is 5.38. The number of rotatable bonds is 2. The lowest BCUT2D eigenvalue weighted by atomic mass is 10.0. The Hall–Kier alpha value is -1.60. The molecule has 1 rings (SSSR count). The summed E-state index contributed by atoms with van der Waals surface area (Å²) in [6.07, 6.45) is 0. The van der Waals surface area contributed by atoms with Crippen LogP contribution in [0.2, 0.25) is 0 Å². The summed E-state index contributed by atoms with van der Waals surface area (Å²) in [5.41, 5.74) is -0.403. The third-order valence-electron chi connectivity index (χ3n) is 1.81. The van der Waals surface area contributed by atoms with Crippen LogP contribution in [0.5, 0.6) is 5.75 Å². The van der Waals surface area contributed by atoms with Gasteiger partial charge < -0.3 is 9.84 Å². The van der Waals surface area contributed by atoms with E-state index in [0.717, 1.165) is 0 Å². The minimum atomic E-state index is -1.04. The van der Waals surface area contributed by atoms with Crippen molar-refractivity contribution in [1.29, 1.82) is 5.26 Å². The second-order valence-electron chi connectivity index (χ2n) is 3.42. The summed E-state index contributed by atoms with van der Waals surface area (Å²) >= 11 is 0. The van der Waals surface area contributed by atoms with Gasteiger partial charge in [0.2, 0.25) is 0 Å². The molecule has 0 bridgehead atoms. The molecule has 0 saturated heterocycles. The van der Waals surface area contributed by atoms with Gasteiger partial charge in [-0.2, -0.15) is 5.26 Å². The van der Waals surface area contributed by atoms with E-state index in [9.17, 15) is 5.11 Å². The molecule has 0 amide bonds. The molecular formula is C11H16N2O2. The molecule has 0 saturated carbocycles. The van der Waals surface area contributed by atoms with E-state index >= 15 is 0 Å². The van der Waals surface area contributed by atoms with Crippen molar-refractivity contribution in [3.05, 3.63) is 23.5 Å². The number of hydrogen-bond donors (Lipinski definition) is 1. The first-order valence-electron chi connectivity index (χ1n) is 4.17. The fourth-order valence-corrected chi connectivity index (χ4v) is 1.03. The quantitative estimate of drug-likeness (QED) is 0.805. The van der Waals surface area contributed by atoms with E-state index in [0.29, 0.717) is 11.4 Å². The SMILES string of the molecule is C.COc1ccc(C(C)(C)O)nc1C#N. The van der Waals surface area contributed by atoms with Gasteiger partial charge in [0.05, 0.1) is 12.8 Å². The van der Waals surface area contributed by atoms with Crippen molar-refractivity contribution < 1.29 is 9.84 Å². The van der Waals surface area contributed by atoms with E-state index in [-0.39, 0.29) is 13.1 Å². The van der Waals surface area contributed by atoms with Crippen LogP contribution in [0.15, 0.2) is 12.1 Å². The van der Waals surface area contributed by atoms with Crippen molar-refractivity contribution in [2.24, 2.45) is 0 Å². The predicted octanol–water partition coefficient (Wildman–Crippen LogP) is 1.83. The summed E-state index contributed by atoms with van der Waals surface area (Å²) in [6, 6.07) is 5.17. The first-order chi connectivity index (χ1) is 6.49. The molecule has 0 aliphatic heterocycles. The monoisotopic (exact) mass is 208 g/mol. The molecule has 0 atom stereocenters. The number of aliphatic hydroxyl groups is 1. The van der Waals surface area contributed by atoms with Crippen LogP contribution in [0.4, 0.5) is 0 Å². The molecule has 4 nitrogen and oxygen atoms in total. The summed E-state index contributed by atoms with van der Waals surface area (Å²) in [6.45, 7) is 3.23. The lowest BCUT2D eigenvalue weighted by Gasteiger charge is -2.16. The lowest BCUT2D eigenvalue weighted by molar-refractivity contribution is 0.0737. The topological polar surface area (TPSA) is 66.1 Å². The molecule has 0 fully saturated rings. The Bertz CT molecular complexity index is 375. The van der Waals surface area contributed by atoms with E-state index in [4.69, 9.17) is 10.00 Å². The third kappa shape index (κ3) is 2.93. The maximum absolute atomic E-state index is 9.66. The minimum absolute atomic E-state index is 0. The van der Waals surface area contributed by atoms with Crippen LogP contribution in [-0.2, 0) is 5.60 Å². The number of ether oxygens (including phenoxy) is 1. The molecule has 1 heterocycles. The number of nitrogens with zero attached hydrogens (tertiary/aromatic N) is 2. The largest absolute Gasteiger partial charge is 0.494 e. The Labute approximate surface area is 90.1 Å². The van der Waals surface area contributed by atoms with Crippen molar-refractivity contribution in [3.8, 4) is 11.8 Å². The van der Waals surface area contributed by atoms with E-state index in [1.807, 2.05) is 6.07 Å². The minimum Gasteiger partial charge on any atom is -0.494 e. The van der Waals surface area contributed by atoms with Gasteiger partial charge in [-0.15, -0.1) is 0 Å². The van der Waals surface area contributed by atoms with Crippen LogP contribution in [0, 0.1) is 11.3 Å². The first kappa shape index (κ1) is 13.4. The molecule has 0 aliphatic rings. The van der Waals surface area contributed by atoms with Gasteiger partial charge >= 0.3 is 0 Å². The Morgan fingerprint density at radius 2 is 2.07 bits per heavy atom. The number of nitriles is 1. The zero-order chi connectivity index (χ0) is 10.8. The highest BCUT2D eigenvalue weighted by atomic mass is 16.5. The van der Waals surface area contributed by atoms with E-state index in [2.05, 4.69) is 4.98 Å². The van der Waals surface area contributed by atoms with Gasteiger partial charge in [0, 0.05) is 0 Å². The van der Waals surface area contributed by atoms with Gasteiger partial charge in [-0.3, -0.25) is 0 Å². The Balaban J connectivity index is 0.00000196. The van der Waals surface area contributed by atoms with Gasteiger partial charge in [-0.25, -0.2) is 4.98 Å². The molecule has 0 spiro atoms. The zero-order valence-corrected chi connectivity index (χ0v) is 8.40. The van der Waals surface area contributed by atoms with Gasteiger partial charge in [-0.1, -0.05) is 7.43 Å². The smallest absolute Gasteiger partial charge is 0.182 e. The fourth-order valence-electron chi connectivity index (χ4n) is 1.03. The zero-order valence-electron chi connectivity index (χ0n) is 8.40. The number of pyridine rings is 1. The first-order valence-corrected chi connectivity index (χ1v) is 4.17. The number of aromatic nitrogens is 1. The van der Waals surface area contributed by atoms with Crippen molar-refractivity contribution in [1.82, 2.24) is 4.98 Å². The van der Waals surface area contributed by atoms with Crippen molar-refractivity contribution >= 4 is 0 Å². The van der Waals surface area contributed by atoms with Gasteiger partial charge in [0.15, 0.2) is 11.4 Å². The second-order valence-corrected chi connectivity index (χ2v) is 3.42. The lowest BCUT2D eigenvalue weighted by Crippen LogP contribution is -2.18. The average Bonchev–Trinajstić information content (AvgIpc) is 2.15. The third-order valence-corrected chi connectivity index (χ3v) is 1.81. The van der Waals surface area contributed by atoms with Gasteiger partial charge in [-0.05, 0) is 26.0 Å². The normalized spacial score (nSPS) is 10.1. The Kier molecular flexibility index (Phi) is 4.25. The van der Waals surface area contributed by atoms with E-state index < -0.39 is 5.60 Å². The standard InChI is InChI=1S/C10H12N2O2.CH4/c1-10(2,13)9-5-4-8(14-3)7(6-11)12-9;/h4-5,13H,1-3H3;1H4. The molecule has 1 aromatic heterocycles. The van der Waals surface area contributed by atoms with Crippen LogP contribution in [0.3, 0.4) is 0 Å². The predicted molar refractivity (Wildman–Crippen MR) is 57.5 cm³/mol. The Morgan fingerprint density at radius 1 is 1.47 bits per heavy atom. The summed E-state index contributed by atoms with van der Waals surface area (Å²) in [5, 5.41) is 18.4. The van der Waals surface area contributed by atoms with Crippen LogP contribution >= 0.6 is 0 Å².